The summed E-state index contributed by atoms with van der Waals surface area (Å²) in [7, 11) is 3.06. The molecule has 4 saturated heterocycles. The van der Waals surface area contributed by atoms with E-state index in [4.69, 9.17) is 21.7 Å². The summed E-state index contributed by atoms with van der Waals surface area (Å²) in [6.45, 7) is 21.7. The van der Waals surface area contributed by atoms with Gasteiger partial charge in [-0.05, 0) is 103 Å². The van der Waals surface area contributed by atoms with Crippen LogP contribution in [0.3, 0.4) is 0 Å². The molecule has 4 heterocycles. The number of nitrogens with zero attached hydrogens (tertiary/aromatic N) is 4. The van der Waals surface area contributed by atoms with E-state index in [1.54, 1.807) is 95.8 Å². The molecule has 16 nitrogen and oxygen atoms in total. The second-order valence-electron chi connectivity index (χ2n) is 20.1. The van der Waals surface area contributed by atoms with Gasteiger partial charge in [0, 0.05) is 27.1 Å². The number of likely N-dealkylation sites (N-methyl/N-ethyl adjacent to an activating group) is 2. The van der Waals surface area contributed by atoms with Gasteiger partial charge in [-0.15, -0.1) is 23.5 Å². The quantitative estimate of drug-likeness (QED) is 0.246. The van der Waals surface area contributed by atoms with Gasteiger partial charge >= 0.3 is 12.2 Å². The Bertz CT molecular complexity index is 1610. The van der Waals surface area contributed by atoms with Crippen molar-refractivity contribution in [1.82, 2.24) is 35.6 Å². The van der Waals surface area contributed by atoms with Crippen molar-refractivity contribution >= 4 is 82.3 Å². The number of hydrogen-bond donors (Lipinski definition) is 3. The summed E-state index contributed by atoms with van der Waals surface area (Å²) in [6, 6.07) is -4.71. The number of fused-ring (bicyclic) bond motifs is 2. The van der Waals surface area contributed by atoms with Crippen LogP contribution in [-0.4, -0.2) is 157 Å². The van der Waals surface area contributed by atoms with Gasteiger partial charge < -0.3 is 40.1 Å². The molecule has 4 aliphatic rings. The minimum absolute atomic E-state index is 0.00542. The highest BCUT2D eigenvalue weighted by molar-refractivity contribution is 8.00. The monoisotopic (exact) mass is 911 g/mol. The highest BCUT2D eigenvalue weighted by Gasteiger charge is 2.56. The number of ether oxygens (including phenoxy) is 2. The topological polar surface area (TPSA) is 187 Å². The number of rotatable bonds is 11. The molecular weight excluding hydrogens is 843 g/mol. The van der Waals surface area contributed by atoms with Gasteiger partial charge in [0.2, 0.25) is 23.6 Å². The molecule has 0 aromatic rings. The zero-order valence-corrected chi connectivity index (χ0v) is 40.9. The number of carbonyl (C=O) groups is 7. The van der Waals surface area contributed by atoms with E-state index in [9.17, 15) is 33.6 Å². The molecule has 0 bridgehead atoms. The van der Waals surface area contributed by atoms with Crippen LogP contribution in [-0.2, 0) is 33.4 Å². The Morgan fingerprint density at radius 3 is 1.66 bits per heavy atom. The third-order valence-electron chi connectivity index (χ3n) is 11.7. The zero-order valence-electron chi connectivity index (χ0n) is 38.5. The van der Waals surface area contributed by atoms with Gasteiger partial charge in [0.1, 0.15) is 35.4 Å². The largest absolute Gasteiger partial charge is 0.444 e. The maximum atomic E-state index is 14.3. The third kappa shape index (κ3) is 12.0. The number of Topliss-reactive ketones (excluding diaryl/α,β-unsaturated/α-hetero) is 1. The lowest BCUT2D eigenvalue weighted by atomic mass is 9.81. The van der Waals surface area contributed by atoms with E-state index < -0.39 is 76.4 Å². The Morgan fingerprint density at radius 1 is 0.754 bits per heavy atom. The summed E-state index contributed by atoms with van der Waals surface area (Å²) in [6.07, 6.45) is 0.751. The van der Waals surface area contributed by atoms with Gasteiger partial charge in [-0.2, -0.15) is 0 Å². The highest BCUT2D eigenvalue weighted by atomic mass is 32.2. The summed E-state index contributed by atoms with van der Waals surface area (Å²) in [5.41, 5.74) is -2.60. The van der Waals surface area contributed by atoms with Crippen LogP contribution in [0.5, 0.6) is 0 Å². The van der Waals surface area contributed by atoms with Crippen LogP contribution in [0.1, 0.15) is 115 Å². The molecule has 4 rings (SSSR count). The fourth-order valence-electron chi connectivity index (χ4n) is 8.28. The molecule has 0 saturated carbocycles. The van der Waals surface area contributed by atoms with Gasteiger partial charge in [-0.3, -0.25) is 28.9 Å². The average molecular weight is 912 g/mol. The van der Waals surface area contributed by atoms with Gasteiger partial charge in [0.15, 0.2) is 5.78 Å². The standard InChI is InChI=1S/C42H69N7O9S3/c1-23(46(13)37(55)57-39(3,4)5)32(51)44-25-16-19-60-28-21-41(9,10)30(48(28)35(25)53)27(50)15-18-43-33(52)31-42(11,12)22-29-49(31)36(54)26(17-20-61-29)45-34(59)24(2)47(14)38(56)58-40(6,7)8/h23-26,28-31H,15-22H2,1-14H3,(H,43,52)(H,44,51)(H,45,59)/t23-,24-,25-,26-,28-,29-,30+,31+/m0/s1. The normalized spacial score (nSPS) is 27.0. The molecule has 4 fully saturated rings. The Morgan fingerprint density at radius 2 is 1.18 bits per heavy atom. The van der Waals surface area contributed by atoms with Crippen molar-refractivity contribution < 1.29 is 43.0 Å². The van der Waals surface area contributed by atoms with Crippen molar-refractivity contribution in [3.05, 3.63) is 0 Å². The number of thioether (sulfide) groups is 2. The minimum Gasteiger partial charge on any atom is -0.444 e. The van der Waals surface area contributed by atoms with Crippen molar-refractivity contribution in [3.8, 4) is 0 Å². The van der Waals surface area contributed by atoms with E-state index in [1.807, 2.05) is 27.7 Å². The lowest BCUT2D eigenvalue weighted by Crippen LogP contribution is -2.58. The molecule has 0 unspecified atom stereocenters. The summed E-state index contributed by atoms with van der Waals surface area (Å²) >= 11 is 8.89. The summed E-state index contributed by atoms with van der Waals surface area (Å²) < 4.78 is 10.9. The Hall–Kier alpha value is -3.32. The van der Waals surface area contributed by atoms with E-state index >= 15 is 0 Å². The van der Waals surface area contributed by atoms with Crippen LogP contribution in [0.4, 0.5) is 9.59 Å². The van der Waals surface area contributed by atoms with Gasteiger partial charge in [0.05, 0.1) is 27.8 Å². The SMILES string of the molecule is C[C@@H](C(=O)N[C@H]1CCS[C@H]2CC(C)(C)[C@@H](C(=O)CCNC(=O)[C@H]3N4C(=O)[C@@H](NC(=S)[C@H](C)N(C)C(=O)OC(C)(C)C)CCS[C@H]4CC3(C)C)N2C1=O)N(C)C(=O)OC(C)(C)C. The van der Waals surface area contributed by atoms with E-state index in [-0.39, 0.29) is 47.2 Å². The van der Waals surface area contributed by atoms with Crippen LogP contribution in [0.25, 0.3) is 0 Å². The number of hydrogen-bond acceptors (Lipinski definition) is 12. The van der Waals surface area contributed by atoms with Gasteiger partial charge in [0.25, 0.3) is 0 Å². The number of amides is 6. The highest BCUT2D eigenvalue weighted by Crippen LogP contribution is 2.48. The smallest absolute Gasteiger partial charge is 0.410 e. The first-order chi connectivity index (χ1) is 28.0. The second-order valence-corrected chi connectivity index (χ2v) is 23.1. The predicted molar refractivity (Wildman–Crippen MR) is 241 cm³/mol. The molecule has 6 amide bonds. The number of nitrogens with one attached hydrogen (secondary N) is 3. The van der Waals surface area contributed by atoms with Crippen molar-refractivity contribution in [3.63, 3.8) is 0 Å². The first-order valence-corrected chi connectivity index (χ1v) is 23.7. The average Bonchev–Trinajstić information content (AvgIpc) is 3.45. The molecule has 0 spiro atoms. The predicted octanol–water partition coefficient (Wildman–Crippen LogP) is 4.52. The van der Waals surface area contributed by atoms with Crippen molar-refractivity contribution in [2.24, 2.45) is 10.8 Å². The minimum atomic E-state index is -0.921. The maximum Gasteiger partial charge on any atom is 0.410 e. The molecule has 0 aromatic carbocycles. The van der Waals surface area contributed by atoms with Crippen LogP contribution in [0, 0.1) is 10.8 Å². The van der Waals surface area contributed by atoms with E-state index in [2.05, 4.69) is 16.0 Å². The third-order valence-corrected chi connectivity index (χ3v) is 14.7. The molecule has 61 heavy (non-hydrogen) atoms. The Labute approximate surface area is 375 Å². The van der Waals surface area contributed by atoms with Crippen LogP contribution >= 0.6 is 35.7 Å². The molecular formula is C42H69N7O9S3. The van der Waals surface area contributed by atoms with E-state index in [0.717, 1.165) is 0 Å². The molecule has 3 N–H and O–H groups in total. The molecule has 0 aliphatic carbocycles. The summed E-state index contributed by atoms with van der Waals surface area (Å²) in [5.74, 6) is -0.461. The molecule has 0 aromatic heterocycles. The van der Waals surface area contributed by atoms with Crippen LogP contribution in [0.2, 0.25) is 0 Å². The fourth-order valence-corrected chi connectivity index (χ4v) is 11.7. The van der Waals surface area contributed by atoms with Gasteiger partial charge in [-0.1, -0.05) is 39.9 Å². The van der Waals surface area contributed by atoms with Crippen LogP contribution < -0.4 is 16.0 Å². The lowest BCUT2D eigenvalue weighted by molar-refractivity contribution is -0.143. The lowest BCUT2D eigenvalue weighted by Gasteiger charge is -2.35. The Balaban J connectivity index is 1.42. The van der Waals surface area contributed by atoms with Crippen molar-refractivity contribution in [2.45, 2.75) is 173 Å². The van der Waals surface area contributed by atoms with Crippen LogP contribution in [0.15, 0.2) is 0 Å². The molecule has 4 aliphatic heterocycles. The van der Waals surface area contributed by atoms with E-state index in [1.165, 1.54) is 16.8 Å². The zero-order chi connectivity index (χ0) is 46.2. The summed E-state index contributed by atoms with van der Waals surface area (Å²) in [5, 5.41) is 8.48. The second kappa shape index (κ2) is 19.2. The number of carbonyl (C=O) groups excluding carboxylic acids is 7. The van der Waals surface area contributed by atoms with Gasteiger partial charge in [-0.25, -0.2) is 9.59 Å². The molecule has 344 valence electrons. The first-order valence-electron chi connectivity index (χ1n) is 21.2. The van der Waals surface area contributed by atoms with Crippen molar-refractivity contribution in [2.75, 3.05) is 32.1 Å². The number of ketones is 1. The molecule has 0 radical (unpaired) electrons. The maximum absolute atomic E-state index is 14.3. The molecule has 8 atom stereocenters. The first kappa shape index (κ1) is 50.3. The Kier molecular flexibility index (Phi) is 15.8. The fraction of sp³-hybridized carbons (Fsp3) is 0.810. The number of thiocarbonyl (C=S) groups is 1. The van der Waals surface area contributed by atoms with E-state index in [0.29, 0.717) is 42.2 Å². The summed E-state index contributed by atoms with van der Waals surface area (Å²) in [4.78, 5) is 102. The molecule has 19 heteroatoms. The van der Waals surface area contributed by atoms with Crippen molar-refractivity contribution in [1.29, 1.82) is 0 Å².